The second-order valence-electron chi connectivity index (χ2n) is 6.61. The first kappa shape index (κ1) is 21.8. The van der Waals surface area contributed by atoms with Crippen LogP contribution >= 0.6 is 0 Å². The van der Waals surface area contributed by atoms with Crippen LogP contribution in [-0.2, 0) is 21.2 Å². The molecule has 7 heteroatoms. The fourth-order valence-electron chi connectivity index (χ4n) is 2.82. The van der Waals surface area contributed by atoms with Crippen LogP contribution in [0, 0.1) is 6.92 Å². The Morgan fingerprint density at radius 1 is 1.00 bits per heavy atom. The number of carbonyl (C=O) groups excluding carboxylic acids is 2. The fourth-order valence-corrected chi connectivity index (χ4v) is 3.81. The van der Waals surface area contributed by atoms with E-state index in [2.05, 4.69) is 17.0 Å². The minimum absolute atomic E-state index is 0.0253. The molecule has 2 aromatic carbocycles. The molecule has 2 N–H and O–H groups in total. The van der Waals surface area contributed by atoms with Crippen molar-refractivity contribution < 1.29 is 18.0 Å². The molecular formula is C21H26N2O4S. The monoisotopic (exact) mass is 402 g/mol. The van der Waals surface area contributed by atoms with Crippen molar-refractivity contribution in [1.82, 2.24) is 4.72 Å². The van der Waals surface area contributed by atoms with Crippen LogP contribution in [-0.4, -0.2) is 27.2 Å². The van der Waals surface area contributed by atoms with Crippen LogP contribution < -0.4 is 10.0 Å². The summed E-state index contributed by atoms with van der Waals surface area (Å²) >= 11 is 0. The lowest BCUT2D eigenvalue weighted by Crippen LogP contribution is -2.20. The van der Waals surface area contributed by atoms with E-state index in [0.29, 0.717) is 16.8 Å². The highest BCUT2D eigenvalue weighted by atomic mass is 32.2. The van der Waals surface area contributed by atoms with Crippen LogP contribution in [0.25, 0.3) is 0 Å². The number of hydrogen-bond donors (Lipinski definition) is 2. The molecule has 0 atom stereocenters. The van der Waals surface area contributed by atoms with E-state index in [9.17, 15) is 18.0 Å². The van der Waals surface area contributed by atoms with Gasteiger partial charge in [-0.25, -0.2) is 13.1 Å². The Balaban J connectivity index is 1.97. The number of aryl methyl sites for hydroxylation is 2. The summed E-state index contributed by atoms with van der Waals surface area (Å²) in [5.74, 6) is -0.437. The van der Waals surface area contributed by atoms with Gasteiger partial charge in [0.05, 0.1) is 4.90 Å². The zero-order valence-electron chi connectivity index (χ0n) is 16.4. The second kappa shape index (κ2) is 9.61. The predicted octanol–water partition coefficient (Wildman–Crippen LogP) is 3.46. The average Bonchev–Trinajstić information content (AvgIpc) is 2.68. The van der Waals surface area contributed by atoms with Gasteiger partial charge in [0.25, 0.3) is 0 Å². The highest BCUT2D eigenvalue weighted by Gasteiger charge is 2.16. The van der Waals surface area contributed by atoms with Crippen molar-refractivity contribution in [3.63, 3.8) is 0 Å². The number of sulfonamides is 1. The molecule has 0 radical (unpaired) electrons. The minimum atomic E-state index is -3.61. The number of hydrogen-bond acceptors (Lipinski definition) is 4. The van der Waals surface area contributed by atoms with Crippen molar-refractivity contribution in [2.75, 3.05) is 12.4 Å². The smallest absolute Gasteiger partial charge is 0.240 e. The van der Waals surface area contributed by atoms with Crippen molar-refractivity contribution in [2.45, 2.75) is 44.4 Å². The molecule has 0 aliphatic carbocycles. The molecule has 2 rings (SSSR count). The molecule has 0 unspecified atom stereocenters. The van der Waals surface area contributed by atoms with Gasteiger partial charge in [-0.2, -0.15) is 0 Å². The summed E-state index contributed by atoms with van der Waals surface area (Å²) < 4.78 is 26.3. The highest BCUT2D eigenvalue weighted by Crippen LogP contribution is 2.20. The zero-order valence-corrected chi connectivity index (χ0v) is 17.2. The van der Waals surface area contributed by atoms with E-state index in [1.165, 1.54) is 18.7 Å². The van der Waals surface area contributed by atoms with E-state index < -0.39 is 10.0 Å². The van der Waals surface area contributed by atoms with Gasteiger partial charge in [0.1, 0.15) is 0 Å². The molecule has 0 saturated heterocycles. The van der Waals surface area contributed by atoms with Crippen LogP contribution in [0.1, 0.15) is 47.7 Å². The quantitative estimate of drug-likeness (QED) is 0.628. The Hall–Kier alpha value is -2.51. The highest BCUT2D eigenvalue weighted by molar-refractivity contribution is 7.89. The Kier molecular flexibility index (Phi) is 7.48. The number of anilines is 1. The molecule has 0 saturated carbocycles. The third-order valence-electron chi connectivity index (χ3n) is 4.42. The molecule has 0 heterocycles. The van der Waals surface area contributed by atoms with Gasteiger partial charge in [-0.1, -0.05) is 43.7 Å². The van der Waals surface area contributed by atoms with Crippen molar-refractivity contribution in [3.05, 3.63) is 59.2 Å². The maximum Gasteiger partial charge on any atom is 0.240 e. The van der Waals surface area contributed by atoms with Crippen LogP contribution in [0.2, 0.25) is 0 Å². The SMILES string of the molecule is CCCc1ccc(C(=O)CCC(=O)Nc2ccc(C)c(S(=O)(=O)NC)c2)cc1. The van der Waals surface area contributed by atoms with E-state index in [-0.39, 0.29) is 29.4 Å². The first-order valence-electron chi connectivity index (χ1n) is 9.23. The van der Waals surface area contributed by atoms with Crippen LogP contribution in [0.4, 0.5) is 5.69 Å². The van der Waals surface area contributed by atoms with Gasteiger partial charge in [0.2, 0.25) is 15.9 Å². The number of carbonyl (C=O) groups is 2. The van der Waals surface area contributed by atoms with Gasteiger partial charge < -0.3 is 5.32 Å². The van der Waals surface area contributed by atoms with E-state index in [0.717, 1.165) is 12.8 Å². The van der Waals surface area contributed by atoms with Crippen molar-refractivity contribution in [2.24, 2.45) is 0 Å². The first-order valence-corrected chi connectivity index (χ1v) is 10.7. The summed E-state index contributed by atoms with van der Waals surface area (Å²) in [5.41, 5.74) is 2.73. The molecule has 0 aromatic heterocycles. The Morgan fingerprint density at radius 3 is 2.29 bits per heavy atom. The summed E-state index contributed by atoms with van der Waals surface area (Å²) in [5, 5.41) is 2.66. The van der Waals surface area contributed by atoms with Gasteiger partial charge in [-0.15, -0.1) is 0 Å². The maximum absolute atomic E-state index is 12.3. The molecular weight excluding hydrogens is 376 g/mol. The summed E-state index contributed by atoms with van der Waals surface area (Å²) in [6.07, 6.45) is 2.13. The Bertz CT molecular complexity index is 951. The zero-order chi connectivity index (χ0) is 20.7. The number of Topliss-reactive ketones (excluding diaryl/α,β-unsaturated/α-hetero) is 1. The lowest BCUT2D eigenvalue weighted by Gasteiger charge is -2.10. The van der Waals surface area contributed by atoms with Crippen LogP contribution in [0.3, 0.4) is 0 Å². The summed E-state index contributed by atoms with van der Waals surface area (Å²) in [6.45, 7) is 3.78. The first-order chi connectivity index (χ1) is 13.3. The second-order valence-corrected chi connectivity index (χ2v) is 8.46. The largest absolute Gasteiger partial charge is 0.326 e. The molecule has 28 heavy (non-hydrogen) atoms. The lowest BCUT2D eigenvalue weighted by atomic mass is 10.0. The Morgan fingerprint density at radius 2 is 1.68 bits per heavy atom. The number of amides is 1. The van der Waals surface area contributed by atoms with E-state index in [4.69, 9.17) is 0 Å². The van der Waals surface area contributed by atoms with Gasteiger partial charge in [-0.05, 0) is 43.7 Å². The van der Waals surface area contributed by atoms with Gasteiger partial charge in [0, 0.05) is 24.1 Å². The third kappa shape index (κ3) is 5.74. The van der Waals surface area contributed by atoms with Crippen LogP contribution in [0.5, 0.6) is 0 Å². The summed E-state index contributed by atoms with van der Waals surface area (Å²) in [6, 6.07) is 12.1. The molecule has 0 bridgehead atoms. The van der Waals surface area contributed by atoms with Crippen molar-refractivity contribution in [1.29, 1.82) is 0 Å². The topological polar surface area (TPSA) is 92.3 Å². The molecule has 6 nitrogen and oxygen atoms in total. The standard InChI is InChI=1S/C21H26N2O4S/c1-4-5-16-7-9-17(10-8-16)19(24)12-13-21(25)23-18-11-6-15(2)20(14-18)28(26,27)22-3/h6-11,14,22H,4-5,12-13H2,1-3H3,(H,23,25). The molecule has 0 aliphatic heterocycles. The van der Waals surface area contributed by atoms with E-state index in [1.54, 1.807) is 31.2 Å². The Labute approximate surface area is 166 Å². The van der Waals surface area contributed by atoms with Gasteiger partial charge >= 0.3 is 0 Å². The molecule has 0 fully saturated rings. The summed E-state index contributed by atoms with van der Waals surface area (Å²) in [4.78, 5) is 24.6. The van der Waals surface area contributed by atoms with Crippen molar-refractivity contribution >= 4 is 27.4 Å². The number of rotatable bonds is 9. The molecule has 150 valence electrons. The molecule has 2 aromatic rings. The molecule has 1 amide bonds. The third-order valence-corrected chi connectivity index (χ3v) is 5.98. The molecule has 0 aliphatic rings. The number of ketones is 1. The minimum Gasteiger partial charge on any atom is -0.326 e. The number of benzene rings is 2. The van der Waals surface area contributed by atoms with E-state index in [1.807, 2.05) is 12.1 Å². The van der Waals surface area contributed by atoms with Gasteiger partial charge in [-0.3, -0.25) is 9.59 Å². The fraction of sp³-hybridized carbons (Fsp3) is 0.333. The number of nitrogens with one attached hydrogen (secondary N) is 2. The normalized spacial score (nSPS) is 11.2. The summed E-state index contributed by atoms with van der Waals surface area (Å²) in [7, 11) is -2.28. The average molecular weight is 403 g/mol. The van der Waals surface area contributed by atoms with Gasteiger partial charge in [0.15, 0.2) is 5.78 Å². The maximum atomic E-state index is 12.3. The van der Waals surface area contributed by atoms with E-state index >= 15 is 0 Å². The molecule has 0 spiro atoms. The van der Waals surface area contributed by atoms with Crippen molar-refractivity contribution in [3.8, 4) is 0 Å². The predicted molar refractivity (Wildman–Crippen MR) is 110 cm³/mol. The lowest BCUT2D eigenvalue weighted by molar-refractivity contribution is -0.116. The van der Waals surface area contributed by atoms with Crippen LogP contribution in [0.15, 0.2) is 47.4 Å².